The zero-order valence-corrected chi connectivity index (χ0v) is 12.9. The predicted octanol–water partition coefficient (Wildman–Crippen LogP) is 2.84. The molecule has 102 valence electrons. The molecule has 2 unspecified atom stereocenters. The number of nitrogens with one attached hydrogen (secondary N) is 1. The van der Waals surface area contributed by atoms with Crippen molar-refractivity contribution in [3.63, 3.8) is 0 Å². The summed E-state index contributed by atoms with van der Waals surface area (Å²) >= 11 is 1.94. The van der Waals surface area contributed by atoms with Crippen LogP contribution in [-0.4, -0.2) is 49.6 Å². The highest BCUT2D eigenvalue weighted by atomic mass is 32.2. The van der Waals surface area contributed by atoms with Crippen molar-refractivity contribution < 1.29 is 0 Å². The Bertz CT molecular complexity index is 208. The van der Waals surface area contributed by atoms with Gasteiger partial charge in [-0.3, -0.25) is 0 Å². The zero-order chi connectivity index (χ0) is 12.7. The summed E-state index contributed by atoms with van der Waals surface area (Å²) in [5, 5.41) is 3.68. The Hall–Kier alpha value is 0.270. The van der Waals surface area contributed by atoms with Crippen molar-refractivity contribution in [2.45, 2.75) is 44.6 Å². The Morgan fingerprint density at radius 1 is 1.41 bits per heavy atom. The molecule has 0 amide bonds. The van der Waals surface area contributed by atoms with E-state index < -0.39 is 0 Å². The van der Waals surface area contributed by atoms with Crippen LogP contribution in [0.15, 0.2) is 0 Å². The third-order valence-corrected chi connectivity index (χ3v) is 4.87. The van der Waals surface area contributed by atoms with E-state index in [0.29, 0.717) is 5.54 Å². The summed E-state index contributed by atoms with van der Waals surface area (Å²) in [6, 6.07) is 0. The molecular formula is C14H30N2S. The molecule has 2 nitrogen and oxygen atoms in total. The first kappa shape index (κ1) is 15.3. The van der Waals surface area contributed by atoms with E-state index >= 15 is 0 Å². The summed E-state index contributed by atoms with van der Waals surface area (Å²) in [5.74, 6) is 2.16. The van der Waals surface area contributed by atoms with Gasteiger partial charge in [-0.05, 0) is 57.8 Å². The highest BCUT2D eigenvalue weighted by Crippen LogP contribution is 2.35. The van der Waals surface area contributed by atoms with Gasteiger partial charge in [-0.2, -0.15) is 11.8 Å². The van der Waals surface area contributed by atoms with E-state index in [1.165, 1.54) is 50.9 Å². The molecule has 0 radical (unpaired) electrons. The molecule has 1 fully saturated rings. The Balaban J connectivity index is 2.37. The van der Waals surface area contributed by atoms with Crippen LogP contribution >= 0.6 is 11.8 Å². The van der Waals surface area contributed by atoms with Crippen LogP contribution in [0.4, 0.5) is 0 Å². The van der Waals surface area contributed by atoms with Crippen LogP contribution in [0.25, 0.3) is 0 Å². The van der Waals surface area contributed by atoms with Crippen LogP contribution in [0, 0.1) is 5.92 Å². The lowest BCUT2D eigenvalue weighted by atomic mass is 9.75. The maximum absolute atomic E-state index is 3.68. The van der Waals surface area contributed by atoms with E-state index in [9.17, 15) is 0 Å². The predicted molar refractivity (Wildman–Crippen MR) is 79.9 cm³/mol. The molecule has 17 heavy (non-hydrogen) atoms. The molecule has 0 aromatic rings. The van der Waals surface area contributed by atoms with Gasteiger partial charge in [-0.25, -0.2) is 0 Å². The molecular weight excluding hydrogens is 228 g/mol. The number of rotatable bonds is 7. The largest absolute Gasteiger partial charge is 0.315 e. The average Bonchev–Trinajstić information content (AvgIpc) is 2.28. The fraction of sp³-hybridized carbons (Fsp3) is 1.00. The van der Waals surface area contributed by atoms with Crippen LogP contribution in [0.2, 0.25) is 0 Å². The summed E-state index contributed by atoms with van der Waals surface area (Å²) in [6.45, 7) is 4.74. The van der Waals surface area contributed by atoms with E-state index in [-0.39, 0.29) is 0 Å². The maximum Gasteiger partial charge on any atom is 0.0330 e. The van der Waals surface area contributed by atoms with Crippen molar-refractivity contribution in [2.24, 2.45) is 5.92 Å². The van der Waals surface area contributed by atoms with Gasteiger partial charge in [0.05, 0.1) is 0 Å². The van der Waals surface area contributed by atoms with E-state index in [1.807, 2.05) is 11.8 Å². The first-order valence-corrected chi connectivity index (χ1v) is 8.37. The molecule has 3 heteroatoms. The number of nitrogens with zero attached hydrogens (tertiary/aromatic N) is 1. The quantitative estimate of drug-likeness (QED) is 0.707. The molecule has 1 N–H and O–H groups in total. The standard InChI is InChI=1S/C14H30N2S/c1-13-7-5-8-14(11-13,16(2)3)12-15-9-6-10-17-4/h13,15H,5-12H2,1-4H3. The van der Waals surface area contributed by atoms with Crippen LogP contribution < -0.4 is 5.32 Å². The van der Waals surface area contributed by atoms with Gasteiger partial charge in [0.25, 0.3) is 0 Å². The van der Waals surface area contributed by atoms with Crippen LogP contribution in [0.1, 0.15) is 39.0 Å². The minimum absolute atomic E-state index is 0.414. The lowest BCUT2D eigenvalue weighted by molar-refractivity contribution is 0.0755. The van der Waals surface area contributed by atoms with Gasteiger partial charge in [-0.1, -0.05) is 19.8 Å². The molecule has 0 heterocycles. The Labute approximate surface area is 112 Å². The Morgan fingerprint density at radius 3 is 2.76 bits per heavy atom. The molecule has 0 aromatic heterocycles. The lowest BCUT2D eigenvalue weighted by Gasteiger charge is -2.45. The SMILES string of the molecule is CSCCCNCC1(N(C)C)CCCC(C)C1. The Kier molecular flexibility index (Phi) is 6.90. The normalized spacial score (nSPS) is 29.8. The minimum atomic E-state index is 0.414. The van der Waals surface area contributed by atoms with Crippen LogP contribution in [-0.2, 0) is 0 Å². The second kappa shape index (κ2) is 7.65. The number of thioether (sulfide) groups is 1. The summed E-state index contributed by atoms with van der Waals surface area (Å²) < 4.78 is 0. The molecule has 2 atom stereocenters. The summed E-state index contributed by atoms with van der Waals surface area (Å²) in [7, 11) is 4.50. The van der Waals surface area contributed by atoms with E-state index in [1.54, 1.807) is 0 Å². The minimum Gasteiger partial charge on any atom is -0.315 e. The molecule has 0 aromatic carbocycles. The topological polar surface area (TPSA) is 15.3 Å². The summed E-state index contributed by atoms with van der Waals surface area (Å²) in [6.07, 6.45) is 9.01. The molecule has 1 rings (SSSR count). The van der Waals surface area contributed by atoms with Crippen LogP contribution in [0.5, 0.6) is 0 Å². The Morgan fingerprint density at radius 2 is 2.18 bits per heavy atom. The first-order chi connectivity index (χ1) is 8.10. The third-order valence-electron chi connectivity index (χ3n) is 4.17. The highest BCUT2D eigenvalue weighted by molar-refractivity contribution is 7.98. The second-order valence-corrected chi connectivity index (χ2v) is 6.83. The smallest absolute Gasteiger partial charge is 0.0330 e. The molecule has 1 saturated carbocycles. The zero-order valence-electron chi connectivity index (χ0n) is 12.1. The number of hydrogen-bond acceptors (Lipinski definition) is 3. The molecule has 0 bridgehead atoms. The van der Waals surface area contributed by atoms with Crippen molar-refractivity contribution in [3.05, 3.63) is 0 Å². The van der Waals surface area contributed by atoms with Gasteiger partial charge in [0.1, 0.15) is 0 Å². The molecule has 0 spiro atoms. The van der Waals surface area contributed by atoms with Crippen molar-refractivity contribution in [1.29, 1.82) is 0 Å². The van der Waals surface area contributed by atoms with Gasteiger partial charge >= 0.3 is 0 Å². The molecule has 1 aliphatic rings. The van der Waals surface area contributed by atoms with Crippen molar-refractivity contribution >= 4 is 11.8 Å². The molecule has 1 aliphatic carbocycles. The van der Waals surface area contributed by atoms with Crippen molar-refractivity contribution in [2.75, 3.05) is 39.2 Å². The third kappa shape index (κ3) is 4.80. The summed E-state index contributed by atoms with van der Waals surface area (Å²) in [4.78, 5) is 2.46. The van der Waals surface area contributed by atoms with Gasteiger partial charge in [0, 0.05) is 12.1 Å². The fourth-order valence-corrected chi connectivity index (χ4v) is 3.45. The first-order valence-electron chi connectivity index (χ1n) is 6.98. The maximum atomic E-state index is 3.68. The number of likely N-dealkylation sites (N-methyl/N-ethyl adjacent to an activating group) is 1. The second-order valence-electron chi connectivity index (χ2n) is 5.84. The van der Waals surface area contributed by atoms with Crippen molar-refractivity contribution in [1.82, 2.24) is 10.2 Å². The van der Waals surface area contributed by atoms with Gasteiger partial charge in [-0.15, -0.1) is 0 Å². The molecule has 0 saturated heterocycles. The highest BCUT2D eigenvalue weighted by Gasteiger charge is 2.36. The van der Waals surface area contributed by atoms with Gasteiger partial charge in [0.15, 0.2) is 0 Å². The molecule has 0 aliphatic heterocycles. The number of hydrogen-bond donors (Lipinski definition) is 1. The summed E-state index contributed by atoms with van der Waals surface area (Å²) in [5.41, 5.74) is 0.414. The van der Waals surface area contributed by atoms with E-state index in [4.69, 9.17) is 0 Å². The fourth-order valence-electron chi connectivity index (χ4n) is 3.02. The van der Waals surface area contributed by atoms with E-state index in [2.05, 4.69) is 37.5 Å². The average molecular weight is 258 g/mol. The van der Waals surface area contributed by atoms with Gasteiger partial charge in [0.2, 0.25) is 0 Å². The van der Waals surface area contributed by atoms with Crippen LogP contribution in [0.3, 0.4) is 0 Å². The lowest BCUT2D eigenvalue weighted by Crippen LogP contribution is -2.54. The van der Waals surface area contributed by atoms with Crippen molar-refractivity contribution in [3.8, 4) is 0 Å². The monoisotopic (exact) mass is 258 g/mol. The van der Waals surface area contributed by atoms with Gasteiger partial charge < -0.3 is 10.2 Å². The van der Waals surface area contributed by atoms with E-state index in [0.717, 1.165) is 5.92 Å².